The fraction of sp³-hybridized carbons (Fsp3) is 0.211. The lowest BCUT2D eigenvalue weighted by Gasteiger charge is -2.14. The number of ether oxygens (including phenoxy) is 1. The Hall–Kier alpha value is -2.80. The first kappa shape index (κ1) is 18.0. The number of hydrogen-bond acceptors (Lipinski definition) is 5. The Morgan fingerprint density at radius 1 is 1.12 bits per heavy atom. The van der Waals surface area contributed by atoms with Crippen LogP contribution in [-0.4, -0.2) is 20.2 Å². The van der Waals surface area contributed by atoms with Gasteiger partial charge in [0, 0.05) is 11.6 Å². The van der Waals surface area contributed by atoms with E-state index in [0.29, 0.717) is 29.4 Å². The summed E-state index contributed by atoms with van der Waals surface area (Å²) in [5.74, 6) is 1.09. The van der Waals surface area contributed by atoms with Crippen LogP contribution in [0.2, 0.25) is 0 Å². The normalized spacial score (nSPS) is 11.3. The van der Waals surface area contributed by atoms with Gasteiger partial charge in [-0.15, -0.1) is 0 Å². The molecule has 0 aliphatic rings. The van der Waals surface area contributed by atoms with E-state index in [0.717, 1.165) is 11.3 Å². The van der Waals surface area contributed by atoms with E-state index in [1.54, 1.807) is 55.5 Å². The summed E-state index contributed by atoms with van der Waals surface area (Å²) in [6, 6.07) is 13.8. The lowest BCUT2D eigenvalue weighted by molar-refractivity contribution is 0.342. The molecule has 0 amide bonds. The summed E-state index contributed by atoms with van der Waals surface area (Å²) in [6.45, 7) is 5.87. The maximum absolute atomic E-state index is 12.8. The van der Waals surface area contributed by atoms with Gasteiger partial charge in [0.1, 0.15) is 5.75 Å². The molecule has 26 heavy (non-hydrogen) atoms. The van der Waals surface area contributed by atoms with Gasteiger partial charge < -0.3 is 9.26 Å². The number of sulfonamides is 1. The molecular weight excluding hydrogens is 352 g/mol. The van der Waals surface area contributed by atoms with E-state index in [4.69, 9.17) is 9.26 Å². The molecule has 2 aromatic carbocycles. The third-order valence-electron chi connectivity index (χ3n) is 3.81. The largest absolute Gasteiger partial charge is 0.492 e. The van der Waals surface area contributed by atoms with Crippen LogP contribution in [0.25, 0.3) is 11.3 Å². The summed E-state index contributed by atoms with van der Waals surface area (Å²) in [4.78, 5) is 0.198. The van der Waals surface area contributed by atoms with E-state index < -0.39 is 10.0 Å². The fourth-order valence-corrected chi connectivity index (χ4v) is 3.93. The smallest absolute Gasteiger partial charge is 0.262 e. The van der Waals surface area contributed by atoms with Gasteiger partial charge in [0.25, 0.3) is 10.0 Å². The molecule has 1 heterocycles. The van der Waals surface area contributed by atoms with E-state index in [2.05, 4.69) is 9.88 Å². The molecule has 0 bridgehead atoms. The minimum absolute atomic E-state index is 0.198. The van der Waals surface area contributed by atoms with E-state index in [-0.39, 0.29) is 4.90 Å². The maximum Gasteiger partial charge on any atom is 0.262 e. The Labute approximate surface area is 152 Å². The van der Waals surface area contributed by atoms with Gasteiger partial charge in [-0.1, -0.05) is 17.3 Å². The molecule has 1 aromatic heterocycles. The molecule has 7 heteroatoms. The van der Waals surface area contributed by atoms with Crippen LogP contribution in [0.1, 0.15) is 18.2 Å². The second-order valence-electron chi connectivity index (χ2n) is 5.85. The molecule has 1 N–H and O–H groups in total. The number of aryl methyl sites for hydroxylation is 2. The number of nitrogens with zero attached hydrogens (tertiary/aromatic N) is 1. The monoisotopic (exact) mass is 372 g/mol. The average molecular weight is 372 g/mol. The van der Waals surface area contributed by atoms with Gasteiger partial charge in [0.2, 0.25) is 0 Å². The molecule has 136 valence electrons. The molecule has 6 nitrogen and oxygen atoms in total. The van der Waals surface area contributed by atoms with Gasteiger partial charge in [0.15, 0.2) is 5.76 Å². The molecule has 0 aliphatic heterocycles. The van der Waals surface area contributed by atoms with Crippen molar-refractivity contribution in [3.63, 3.8) is 0 Å². The lowest BCUT2D eigenvalue weighted by atomic mass is 10.1. The van der Waals surface area contributed by atoms with Gasteiger partial charge in [-0.3, -0.25) is 4.72 Å². The Morgan fingerprint density at radius 3 is 2.54 bits per heavy atom. The first-order valence-corrected chi connectivity index (χ1v) is 9.68. The van der Waals surface area contributed by atoms with Gasteiger partial charge in [0.05, 0.1) is 22.9 Å². The number of para-hydroxylation sites is 2. The zero-order valence-electron chi connectivity index (χ0n) is 14.8. The van der Waals surface area contributed by atoms with Crippen LogP contribution >= 0.6 is 0 Å². The lowest BCUT2D eigenvalue weighted by Crippen LogP contribution is -2.15. The number of nitrogens with one attached hydrogen (secondary N) is 1. The van der Waals surface area contributed by atoms with Crippen molar-refractivity contribution in [3.8, 4) is 17.1 Å². The Balaban J connectivity index is 1.93. The van der Waals surface area contributed by atoms with Crippen LogP contribution in [-0.2, 0) is 10.0 Å². The molecular formula is C19H20N2O4S. The van der Waals surface area contributed by atoms with Crippen molar-refractivity contribution in [3.05, 3.63) is 59.8 Å². The maximum atomic E-state index is 12.8. The first-order valence-electron chi connectivity index (χ1n) is 8.19. The number of anilines is 1. The molecule has 0 saturated heterocycles. The number of benzene rings is 2. The van der Waals surface area contributed by atoms with Crippen molar-refractivity contribution >= 4 is 15.7 Å². The number of hydrogen-bond donors (Lipinski definition) is 1. The minimum Gasteiger partial charge on any atom is -0.492 e. The van der Waals surface area contributed by atoms with Crippen LogP contribution in [0.15, 0.2) is 57.9 Å². The molecule has 0 saturated carbocycles. The minimum atomic E-state index is -3.75. The third kappa shape index (κ3) is 3.72. The second-order valence-corrected chi connectivity index (χ2v) is 7.50. The van der Waals surface area contributed by atoms with Crippen molar-refractivity contribution in [2.75, 3.05) is 11.3 Å². The molecule has 0 atom stereocenters. The van der Waals surface area contributed by atoms with Gasteiger partial charge in [-0.2, -0.15) is 0 Å². The molecule has 0 spiro atoms. The summed E-state index contributed by atoms with van der Waals surface area (Å²) in [5, 5.41) is 3.86. The highest BCUT2D eigenvalue weighted by Gasteiger charge is 2.19. The fourth-order valence-electron chi connectivity index (χ4n) is 2.64. The van der Waals surface area contributed by atoms with Gasteiger partial charge >= 0.3 is 0 Å². The highest BCUT2D eigenvalue weighted by Crippen LogP contribution is 2.29. The molecule has 0 aliphatic carbocycles. The van der Waals surface area contributed by atoms with Crippen molar-refractivity contribution in [1.82, 2.24) is 5.16 Å². The topological polar surface area (TPSA) is 81.4 Å². The van der Waals surface area contributed by atoms with Crippen LogP contribution in [0.4, 0.5) is 5.69 Å². The summed E-state index contributed by atoms with van der Waals surface area (Å²) >= 11 is 0. The van der Waals surface area contributed by atoms with E-state index in [1.807, 2.05) is 13.8 Å². The third-order valence-corrected chi connectivity index (χ3v) is 5.33. The zero-order chi connectivity index (χ0) is 18.7. The molecule has 0 radical (unpaired) electrons. The molecule has 3 aromatic rings. The van der Waals surface area contributed by atoms with Crippen LogP contribution < -0.4 is 9.46 Å². The Morgan fingerprint density at radius 2 is 1.88 bits per heavy atom. The molecule has 0 unspecified atom stereocenters. The van der Waals surface area contributed by atoms with E-state index in [9.17, 15) is 8.42 Å². The predicted octanol–water partition coefficient (Wildman–Crippen LogP) is 4.16. The standard InChI is InChI=1S/C19H20N2O4S/c1-4-24-17-8-6-5-7-16(17)21-26(22,23)19-10-9-15(11-13(19)2)18-12-14(3)20-25-18/h5-12,21H,4H2,1-3H3. The van der Waals surface area contributed by atoms with Crippen LogP contribution in [0.3, 0.4) is 0 Å². The highest BCUT2D eigenvalue weighted by molar-refractivity contribution is 7.92. The summed E-state index contributed by atoms with van der Waals surface area (Å²) in [6.07, 6.45) is 0. The summed E-state index contributed by atoms with van der Waals surface area (Å²) in [7, 11) is -3.75. The Bertz CT molecular complexity index is 1030. The van der Waals surface area contributed by atoms with Crippen molar-refractivity contribution in [2.24, 2.45) is 0 Å². The van der Waals surface area contributed by atoms with Crippen molar-refractivity contribution in [2.45, 2.75) is 25.7 Å². The summed E-state index contributed by atoms with van der Waals surface area (Å²) < 4.78 is 39.0. The first-order chi connectivity index (χ1) is 12.4. The number of rotatable bonds is 6. The highest BCUT2D eigenvalue weighted by atomic mass is 32.2. The van der Waals surface area contributed by atoms with Gasteiger partial charge in [-0.25, -0.2) is 8.42 Å². The Kier molecular flexibility index (Phi) is 4.99. The van der Waals surface area contributed by atoms with Crippen LogP contribution in [0, 0.1) is 13.8 Å². The van der Waals surface area contributed by atoms with Crippen molar-refractivity contribution < 1.29 is 17.7 Å². The SMILES string of the molecule is CCOc1ccccc1NS(=O)(=O)c1ccc(-c2cc(C)no2)cc1C. The average Bonchev–Trinajstić information content (AvgIpc) is 3.03. The quantitative estimate of drug-likeness (QED) is 0.703. The van der Waals surface area contributed by atoms with Crippen molar-refractivity contribution in [1.29, 1.82) is 0 Å². The van der Waals surface area contributed by atoms with Crippen LogP contribution in [0.5, 0.6) is 5.75 Å². The molecule has 0 fully saturated rings. The molecule has 3 rings (SSSR count). The van der Waals surface area contributed by atoms with Gasteiger partial charge in [-0.05, 0) is 56.7 Å². The predicted molar refractivity (Wildman–Crippen MR) is 99.8 cm³/mol. The summed E-state index contributed by atoms with van der Waals surface area (Å²) in [5.41, 5.74) is 2.56. The second kappa shape index (κ2) is 7.21. The number of aromatic nitrogens is 1. The van der Waals surface area contributed by atoms with E-state index in [1.165, 1.54) is 0 Å². The van der Waals surface area contributed by atoms with E-state index >= 15 is 0 Å². The zero-order valence-corrected chi connectivity index (χ0v) is 15.6.